The number of H-pyrrole nitrogens is 1. The van der Waals surface area contributed by atoms with Gasteiger partial charge >= 0.3 is 6.03 Å². The fourth-order valence-electron chi connectivity index (χ4n) is 3.84. The standard InChI is InChI=1S/C18H19N5O4/c24-14(10-13-11-6-2-3-7-12(11)15(25)21-20-13)22-23-16(26)18(19-17(23)27)8-4-1-5-9-18/h2-3,6-7H,1,4-5,8-10H2,(H,19,27)(H,21,25)(H,22,24). The summed E-state index contributed by atoms with van der Waals surface area (Å²) in [5, 5.41) is 10.8. The van der Waals surface area contributed by atoms with Crippen molar-refractivity contribution in [2.75, 3.05) is 0 Å². The highest BCUT2D eigenvalue weighted by Crippen LogP contribution is 2.33. The summed E-state index contributed by atoms with van der Waals surface area (Å²) in [6, 6.07) is 6.19. The second kappa shape index (κ2) is 6.49. The van der Waals surface area contributed by atoms with Crippen LogP contribution in [0.25, 0.3) is 10.8 Å². The van der Waals surface area contributed by atoms with E-state index in [-0.39, 0.29) is 12.0 Å². The van der Waals surface area contributed by atoms with Gasteiger partial charge in [-0.05, 0) is 18.9 Å². The van der Waals surface area contributed by atoms with E-state index < -0.39 is 23.4 Å². The van der Waals surface area contributed by atoms with Crippen LogP contribution >= 0.6 is 0 Å². The first-order valence-electron chi connectivity index (χ1n) is 8.93. The largest absolute Gasteiger partial charge is 0.344 e. The molecule has 2 fully saturated rings. The number of hydrogen-bond acceptors (Lipinski definition) is 5. The summed E-state index contributed by atoms with van der Waals surface area (Å²) in [5.74, 6) is -0.976. The SMILES string of the molecule is O=C(Cc1n[nH]c(=O)c2ccccc12)NN1C(=O)NC2(CCCCC2)C1=O. The Hall–Kier alpha value is -3.23. The molecule has 3 N–H and O–H groups in total. The van der Waals surface area contributed by atoms with E-state index in [9.17, 15) is 19.2 Å². The maximum Gasteiger partial charge on any atom is 0.344 e. The number of rotatable bonds is 3. The smallest absolute Gasteiger partial charge is 0.322 e. The first-order valence-corrected chi connectivity index (χ1v) is 8.93. The third-order valence-corrected chi connectivity index (χ3v) is 5.21. The van der Waals surface area contributed by atoms with Gasteiger partial charge in [-0.3, -0.25) is 19.8 Å². The predicted octanol–water partition coefficient (Wildman–Crippen LogP) is 0.751. The summed E-state index contributed by atoms with van der Waals surface area (Å²) in [6.07, 6.45) is 3.73. The molecular weight excluding hydrogens is 350 g/mol. The first-order chi connectivity index (χ1) is 13.0. The van der Waals surface area contributed by atoms with Crippen molar-refractivity contribution in [3.8, 4) is 0 Å². The summed E-state index contributed by atoms with van der Waals surface area (Å²) in [4.78, 5) is 49.2. The summed E-state index contributed by atoms with van der Waals surface area (Å²) >= 11 is 0. The van der Waals surface area contributed by atoms with E-state index in [4.69, 9.17) is 0 Å². The monoisotopic (exact) mass is 369 g/mol. The third kappa shape index (κ3) is 2.94. The molecule has 1 aliphatic heterocycles. The van der Waals surface area contributed by atoms with Crippen LogP contribution in [0.3, 0.4) is 0 Å². The fourth-order valence-corrected chi connectivity index (χ4v) is 3.84. The summed E-state index contributed by atoms with van der Waals surface area (Å²) in [5.41, 5.74) is 1.50. The van der Waals surface area contributed by atoms with Crippen molar-refractivity contribution in [1.82, 2.24) is 25.9 Å². The van der Waals surface area contributed by atoms with Gasteiger partial charge in [-0.1, -0.05) is 37.5 Å². The van der Waals surface area contributed by atoms with Crippen LogP contribution in [0.2, 0.25) is 0 Å². The number of hydrazine groups is 1. The number of imide groups is 1. The van der Waals surface area contributed by atoms with E-state index in [1.807, 2.05) is 0 Å². The molecule has 1 spiro atoms. The van der Waals surface area contributed by atoms with Crippen molar-refractivity contribution in [2.24, 2.45) is 0 Å². The number of amides is 4. The van der Waals surface area contributed by atoms with Gasteiger partial charge in [0.05, 0.1) is 17.5 Å². The van der Waals surface area contributed by atoms with Crippen molar-refractivity contribution < 1.29 is 14.4 Å². The lowest BCUT2D eigenvalue weighted by molar-refractivity contribution is -0.139. The molecule has 1 saturated carbocycles. The van der Waals surface area contributed by atoms with E-state index in [1.165, 1.54) is 0 Å². The number of carbonyl (C=O) groups is 3. The number of carbonyl (C=O) groups excluding carboxylic acids is 3. The van der Waals surface area contributed by atoms with Gasteiger partial charge in [-0.2, -0.15) is 10.1 Å². The Bertz CT molecular complexity index is 993. The molecule has 1 aromatic heterocycles. The Morgan fingerprint density at radius 2 is 1.81 bits per heavy atom. The second-order valence-electron chi connectivity index (χ2n) is 6.97. The number of urea groups is 1. The van der Waals surface area contributed by atoms with Gasteiger partial charge in [-0.25, -0.2) is 9.89 Å². The molecule has 0 atom stereocenters. The molecule has 27 heavy (non-hydrogen) atoms. The summed E-state index contributed by atoms with van der Waals surface area (Å²) < 4.78 is 0. The van der Waals surface area contributed by atoms with Gasteiger partial charge in [0.2, 0.25) is 5.91 Å². The van der Waals surface area contributed by atoms with Gasteiger partial charge in [0, 0.05) is 5.39 Å². The number of fused-ring (bicyclic) bond motifs is 1. The number of aromatic nitrogens is 2. The molecular formula is C18H19N5O4. The molecule has 2 heterocycles. The van der Waals surface area contributed by atoms with Crippen LogP contribution in [0.5, 0.6) is 0 Å². The lowest BCUT2D eigenvalue weighted by Gasteiger charge is -2.30. The normalized spacial score (nSPS) is 18.7. The van der Waals surface area contributed by atoms with Crippen LogP contribution in [-0.2, 0) is 16.0 Å². The maximum atomic E-state index is 12.7. The average molecular weight is 369 g/mol. The second-order valence-corrected chi connectivity index (χ2v) is 6.97. The van der Waals surface area contributed by atoms with Crippen molar-refractivity contribution in [3.63, 3.8) is 0 Å². The highest BCUT2D eigenvalue weighted by molar-refractivity contribution is 6.08. The molecule has 2 aliphatic rings. The molecule has 0 radical (unpaired) electrons. The van der Waals surface area contributed by atoms with E-state index in [0.29, 0.717) is 29.3 Å². The Kier molecular flexibility index (Phi) is 4.14. The molecule has 4 rings (SSSR count). The van der Waals surface area contributed by atoms with Gasteiger partial charge in [0.25, 0.3) is 11.5 Å². The van der Waals surface area contributed by atoms with E-state index in [1.54, 1.807) is 24.3 Å². The van der Waals surface area contributed by atoms with Crippen LogP contribution in [0.15, 0.2) is 29.1 Å². The molecule has 1 saturated heterocycles. The van der Waals surface area contributed by atoms with Gasteiger partial charge in [0.1, 0.15) is 5.54 Å². The highest BCUT2D eigenvalue weighted by Gasteiger charge is 2.52. The predicted molar refractivity (Wildman–Crippen MR) is 95.4 cm³/mol. The van der Waals surface area contributed by atoms with Crippen LogP contribution < -0.4 is 16.3 Å². The summed E-state index contributed by atoms with van der Waals surface area (Å²) in [7, 11) is 0. The average Bonchev–Trinajstić information content (AvgIpc) is 2.89. The zero-order valence-electron chi connectivity index (χ0n) is 14.6. The first kappa shape index (κ1) is 17.2. The maximum absolute atomic E-state index is 12.7. The summed E-state index contributed by atoms with van der Waals surface area (Å²) in [6.45, 7) is 0. The van der Waals surface area contributed by atoms with Crippen molar-refractivity contribution in [1.29, 1.82) is 0 Å². The van der Waals surface area contributed by atoms with E-state index >= 15 is 0 Å². The van der Waals surface area contributed by atoms with Crippen LogP contribution in [0, 0.1) is 0 Å². The number of hydrogen-bond donors (Lipinski definition) is 3. The number of nitrogens with one attached hydrogen (secondary N) is 3. The number of benzene rings is 1. The zero-order valence-corrected chi connectivity index (χ0v) is 14.6. The Balaban J connectivity index is 1.52. The van der Waals surface area contributed by atoms with Gasteiger partial charge in [-0.15, -0.1) is 0 Å². The highest BCUT2D eigenvalue weighted by atomic mass is 16.2. The molecule has 4 amide bonds. The minimum absolute atomic E-state index is 0.179. The third-order valence-electron chi connectivity index (χ3n) is 5.21. The molecule has 0 bridgehead atoms. The van der Waals surface area contributed by atoms with Gasteiger partial charge < -0.3 is 5.32 Å². The fraction of sp³-hybridized carbons (Fsp3) is 0.389. The van der Waals surface area contributed by atoms with Crippen molar-refractivity contribution in [3.05, 3.63) is 40.3 Å². The topological polar surface area (TPSA) is 124 Å². The molecule has 9 nitrogen and oxygen atoms in total. The number of nitrogens with zero attached hydrogens (tertiary/aromatic N) is 2. The van der Waals surface area contributed by atoms with Crippen LogP contribution in [0.4, 0.5) is 4.79 Å². The van der Waals surface area contributed by atoms with E-state index in [0.717, 1.165) is 24.3 Å². The molecule has 2 aromatic rings. The Morgan fingerprint density at radius 3 is 2.56 bits per heavy atom. The minimum Gasteiger partial charge on any atom is -0.322 e. The molecule has 9 heteroatoms. The minimum atomic E-state index is -0.897. The quantitative estimate of drug-likeness (QED) is 0.689. The number of aromatic amines is 1. The van der Waals surface area contributed by atoms with Crippen LogP contribution in [0.1, 0.15) is 37.8 Å². The van der Waals surface area contributed by atoms with Crippen molar-refractivity contribution >= 4 is 28.6 Å². The molecule has 140 valence electrons. The van der Waals surface area contributed by atoms with E-state index in [2.05, 4.69) is 20.9 Å². The van der Waals surface area contributed by atoms with Crippen molar-refractivity contribution in [2.45, 2.75) is 44.1 Å². The lowest BCUT2D eigenvalue weighted by Crippen LogP contribution is -2.51. The van der Waals surface area contributed by atoms with Crippen LogP contribution in [-0.4, -0.2) is 38.6 Å². The van der Waals surface area contributed by atoms with Gasteiger partial charge in [0.15, 0.2) is 0 Å². The molecule has 1 aliphatic carbocycles. The molecule has 0 unspecified atom stereocenters. The Morgan fingerprint density at radius 1 is 1.11 bits per heavy atom. The Labute approximate surface area is 154 Å². The molecule has 1 aromatic carbocycles. The zero-order chi connectivity index (χ0) is 19.0. The lowest BCUT2D eigenvalue weighted by atomic mass is 9.82.